The van der Waals surface area contributed by atoms with Crippen molar-refractivity contribution >= 4 is 17.3 Å². The van der Waals surface area contributed by atoms with Crippen LogP contribution in [0.3, 0.4) is 0 Å². The first-order chi connectivity index (χ1) is 13.6. The SMILES string of the molecule is CC(=O)c1ccc(C(c2cc(C(C)=O)cc(C(C)=O)c2)(C(F)(F)F)C(F)(F)F)cc1. The molecule has 2 rings (SSSR count). The molecule has 160 valence electrons. The van der Waals surface area contributed by atoms with Gasteiger partial charge in [-0.2, -0.15) is 26.3 Å². The Kier molecular flexibility index (Phi) is 5.98. The number of hydrogen-bond acceptors (Lipinski definition) is 3. The van der Waals surface area contributed by atoms with Crippen LogP contribution in [0.1, 0.15) is 63.0 Å². The van der Waals surface area contributed by atoms with E-state index in [9.17, 15) is 40.7 Å². The lowest BCUT2D eigenvalue weighted by Gasteiger charge is -2.38. The molecular weight excluding hydrogens is 414 g/mol. The Morgan fingerprint density at radius 1 is 0.567 bits per heavy atom. The summed E-state index contributed by atoms with van der Waals surface area (Å²) >= 11 is 0. The minimum Gasteiger partial charge on any atom is -0.295 e. The van der Waals surface area contributed by atoms with Crippen LogP contribution in [-0.2, 0) is 5.41 Å². The van der Waals surface area contributed by atoms with Crippen molar-refractivity contribution in [2.24, 2.45) is 0 Å². The monoisotopic (exact) mass is 430 g/mol. The summed E-state index contributed by atoms with van der Waals surface area (Å²) in [6, 6.07) is 4.82. The van der Waals surface area contributed by atoms with E-state index < -0.39 is 57.4 Å². The lowest BCUT2D eigenvalue weighted by molar-refractivity contribution is -0.288. The van der Waals surface area contributed by atoms with Crippen LogP contribution in [0.2, 0.25) is 0 Å². The number of halogens is 6. The second kappa shape index (κ2) is 7.70. The van der Waals surface area contributed by atoms with Crippen molar-refractivity contribution in [1.82, 2.24) is 0 Å². The van der Waals surface area contributed by atoms with Crippen LogP contribution in [-0.4, -0.2) is 29.7 Å². The molecule has 0 atom stereocenters. The number of hydrogen-bond donors (Lipinski definition) is 0. The van der Waals surface area contributed by atoms with E-state index in [1.165, 1.54) is 0 Å². The third kappa shape index (κ3) is 3.88. The van der Waals surface area contributed by atoms with Crippen molar-refractivity contribution in [2.75, 3.05) is 0 Å². The fourth-order valence-electron chi connectivity index (χ4n) is 3.19. The van der Waals surface area contributed by atoms with Crippen molar-refractivity contribution in [3.63, 3.8) is 0 Å². The Bertz CT molecular complexity index is 955. The number of carbonyl (C=O) groups is 3. The Labute approximate surface area is 167 Å². The number of carbonyl (C=O) groups excluding carboxylic acids is 3. The maximum atomic E-state index is 14.2. The van der Waals surface area contributed by atoms with Crippen LogP contribution < -0.4 is 0 Å². The molecule has 2 aromatic carbocycles. The second-order valence-electron chi connectivity index (χ2n) is 6.79. The van der Waals surface area contributed by atoms with Crippen molar-refractivity contribution < 1.29 is 40.7 Å². The average molecular weight is 430 g/mol. The molecule has 0 heterocycles. The van der Waals surface area contributed by atoms with Crippen LogP contribution in [0, 0.1) is 0 Å². The third-order valence-corrected chi connectivity index (χ3v) is 4.75. The quantitative estimate of drug-likeness (QED) is 0.451. The fourth-order valence-corrected chi connectivity index (χ4v) is 3.19. The summed E-state index contributed by atoms with van der Waals surface area (Å²) in [5, 5.41) is 0. The van der Waals surface area contributed by atoms with E-state index in [-0.39, 0.29) is 5.56 Å². The first-order valence-electron chi connectivity index (χ1n) is 8.55. The first-order valence-corrected chi connectivity index (χ1v) is 8.55. The van der Waals surface area contributed by atoms with E-state index in [1.807, 2.05) is 0 Å². The highest BCUT2D eigenvalue weighted by molar-refractivity contribution is 6.00. The molecule has 0 radical (unpaired) electrons. The van der Waals surface area contributed by atoms with Crippen LogP contribution in [0.5, 0.6) is 0 Å². The van der Waals surface area contributed by atoms with Crippen molar-refractivity contribution in [3.8, 4) is 0 Å². The summed E-state index contributed by atoms with van der Waals surface area (Å²) in [5.74, 6) is -2.14. The molecule has 0 aliphatic heterocycles. The highest BCUT2D eigenvalue weighted by Gasteiger charge is 2.72. The molecular formula is C21H16F6O3. The van der Waals surface area contributed by atoms with Gasteiger partial charge in [-0.05, 0) is 50.1 Å². The minimum atomic E-state index is -5.88. The number of rotatable bonds is 5. The zero-order valence-electron chi connectivity index (χ0n) is 16.0. The van der Waals surface area contributed by atoms with E-state index >= 15 is 0 Å². The van der Waals surface area contributed by atoms with E-state index in [1.54, 1.807) is 0 Å². The molecule has 0 spiro atoms. The van der Waals surface area contributed by atoms with Crippen molar-refractivity contribution in [2.45, 2.75) is 38.5 Å². The van der Waals surface area contributed by atoms with E-state index in [0.29, 0.717) is 24.3 Å². The lowest BCUT2D eigenvalue weighted by atomic mass is 9.71. The second-order valence-corrected chi connectivity index (χ2v) is 6.79. The summed E-state index contributed by atoms with van der Waals surface area (Å²) in [5.41, 5.74) is -8.02. The van der Waals surface area contributed by atoms with Gasteiger partial charge in [-0.3, -0.25) is 14.4 Å². The Balaban J connectivity index is 3.02. The predicted octanol–water partition coefficient (Wildman–Crippen LogP) is 5.71. The molecule has 0 aromatic heterocycles. The predicted molar refractivity (Wildman–Crippen MR) is 95.8 cm³/mol. The zero-order chi connectivity index (χ0) is 23.1. The van der Waals surface area contributed by atoms with Crippen LogP contribution in [0.15, 0.2) is 42.5 Å². The van der Waals surface area contributed by atoms with Gasteiger partial charge in [0, 0.05) is 16.7 Å². The molecule has 0 saturated carbocycles. The molecule has 0 N–H and O–H groups in total. The zero-order valence-corrected chi connectivity index (χ0v) is 16.0. The third-order valence-electron chi connectivity index (χ3n) is 4.75. The molecule has 9 heteroatoms. The number of alkyl halides is 6. The molecule has 0 saturated heterocycles. The van der Waals surface area contributed by atoms with E-state index in [2.05, 4.69) is 0 Å². The van der Waals surface area contributed by atoms with Crippen LogP contribution in [0.4, 0.5) is 26.3 Å². The van der Waals surface area contributed by atoms with E-state index in [4.69, 9.17) is 0 Å². The fraction of sp³-hybridized carbons (Fsp3) is 0.286. The summed E-state index contributed by atoms with van der Waals surface area (Å²) in [6.07, 6.45) is -11.8. The first kappa shape index (κ1) is 23.3. The van der Waals surface area contributed by atoms with E-state index in [0.717, 1.165) is 39.0 Å². The van der Waals surface area contributed by atoms with Gasteiger partial charge in [-0.15, -0.1) is 0 Å². The number of ketones is 3. The number of Topliss-reactive ketones (excluding diaryl/α,β-unsaturated/α-hetero) is 3. The number of benzene rings is 2. The maximum absolute atomic E-state index is 14.2. The average Bonchev–Trinajstić information content (AvgIpc) is 2.59. The molecule has 0 aliphatic carbocycles. The highest BCUT2D eigenvalue weighted by atomic mass is 19.4. The smallest absolute Gasteiger partial charge is 0.295 e. The van der Waals surface area contributed by atoms with Gasteiger partial charge in [0.25, 0.3) is 0 Å². The van der Waals surface area contributed by atoms with Gasteiger partial charge in [0.15, 0.2) is 17.3 Å². The van der Waals surface area contributed by atoms with Gasteiger partial charge in [0.2, 0.25) is 5.41 Å². The van der Waals surface area contributed by atoms with Gasteiger partial charge in [-0.25, -0.2) is 0 Å². The molecule has 0 amide bonds. The highest BCUT2D eigenvalue weighted by Crippen LogP contribution is 2.56. The molecule has 30 heavy (non-hydrogen) atoms. The van der Waals surface area contributed by atoms with Crippen LogP contribution >= 0.6 is 0 Å². The molecule has 3 nitrogen and oxygen atoms in total. The van der Waals surface area contributed by atoms with Crippen molar-refractivity contribution in [1.29, 1.82) is 0 Å². The van der Waals surface area contributed by atoms with Gasteiger partial charge in [-0.1, -0.05) is 24.3 Å². The minimum absolute atomic E-state index is 0.0705. The summed E-state index contributed by atoms with van der Waals surface area (Å²) in [6.45, 7) is 3.05. The Morgan fingerprint density at radius 3 is 1.23 bits per heavy atom. The Hall–Kier alpha value is -2.97. The lowest BCUT2D eigenvalue weighted by Crippen LogP contribution is -2.55. The molecule has 2 aromatic rings. The largest absolute Gasteiger partial charge is 0.411 e. The maximum Gasteiger partial charge on any atom is 0.411 e. The van der Waals surface area contributed by atoms with Crippen molar-refractivity contribution in [3.05, 3.63) is 70.3 Å². The molecule has 0 unspecified atom stereocenters. The normalized spacial score (nSPS) is 12.6. The van der Waals surface area contributed by atoms with Crippen LogP contribution in [0.25, 0.3) is 0 Å². The summed E-state index contributed by atoms with van der Waals surface area (Å²) < 4.78 is 85.3. The summed E-state index contributed by atoms with van der Waals surface area (Å²) in [7, 11) is 0. The Morgan fingerprint density at radius 2 is 0.933 bits per heavy atom. The van der Waals surface area contributed by atoms with Gasteiger partial charge < -0.3 is 0 Å². The molecule has 0 fully saturated rings. The standard InChI is InChI=1S/C21H16F6O3/c1-11(28)14-4-6-17(7-5-14)19(20(22,23)24,21(25,26)27)18-9-15(12(2)29)8-16(10-18)13(3)30/h4-10H,1-3H3. The van der Waals surface area contributed by atoms with Gasteiger partial charge >= 0.3 is 12.4 Å². The molecule has 0 bridgehead atoms. The summed E-state index contributed by atoms with van der Waals surface area (Å²) in [4.78, 5) is 34.9. The van der Waals surface area contributed by atoms with Gasteiger partial charge in [0.05, 0.1) is 0 Å². The molecule has 0 aliphatic rings. The van der Waals surface area contributed by atoms with Gasteiger partial charge in [0.1, 0.15) is 0 Å². The topological polar surface area (TPSA) is 51.2 Å².